The first kappa shape index (κ1) is 22.3. The second-order valence-corrected chi connectivity index (χ2v) is 9.43. The Bertz CT molecular complexity index is 1400. The van der Waals surface area contributed by atoms with Gasteiger partial charge in [0.25, 0.3) is 5.91 Å². The first-order valence-corrected chi connectivity index (χ1v) is 12.4. The fraction of sp³-hybridized carbons (Fsp3) is 0.286. The van der Waals surface area contributed by atoms with Crippen LogP contribution in [0.25, 0.3) is 22.3 Å². The van der Waals surface area contributed by atoms with E-state index in [1.54, 1.807) is 11.1 Å². The van der Waals surface area contributed by atoms with Gasteiger partial charge in [0.2, 0.25) is 0 Å². The van der Waals surface area contributed by atoms with E-state index in [4.69, 9.17) is 4.74 Å². The number of ether oxygens (including phenoxy) is 1. The SMILES string of the molecule is O=C(NC1CC1)c1ccc(-c2cnc3nc([C@@H]4CCCN4C(=O)OCc4ccccc4)[nH]c3c2)cc1. The molecule has 182 valence electrons. The van der Waals surface area contributed by atoms with Crippen molar-refractivity contribution in [2.24, 2.45) is 0 Å². The summed E-state index contributed by atoms with van der Waals surface area (Å²) in [7, 11) is 0. The van der Waals surface area contributed by atoms with Gasteiger partial charge in [-0.3, -0.25) is 9.69 Å². The first-order chi connectivity index (χ1) is 17.6. The highest BCUT2D eigenvalue weighted by Crippen LogP contribution is 2.32. The molecule has 0 bridgehead atoms. The van der Waals surface area contributed by atoms with E-state index in [2.05, 4.69) is 20.3 Å². The summed E-state index contributed by atoms with van der Waals surface area (Å²) >= 11 is 0. The number of carbonyl (C=O) groups is 2. The van der Waals surface area contributed by atoms with Crippen molar-refractivity contribution in [3.63, 3.8) is 0 Å². The number of H-pyrrole nitrogens is 1. The number of hydrogen-bond donors (Lipinski definition) is 2. The average molecular weight is 482 g/mol. The Balaban J connectivity index is 1.17. The van der Waals surface area contributed by atoms with Crippen LogP contribution in [0, 0.1) is 0 Å². The van der Waals surface area contributed by atoms with Gasteiger partial charge < -0.3 is 15.0 Å². The molecular formula is C28H27N5O3. The summed E-state index contributed by atoms with van der Waals surface area (Å²) in [5.74, 6) is 0.690. The van der Waals surface area contributed by atoms with Crippen LogP contribution in [0.1, 0.15) is 53.5 Å². The van der Waals surface area contributed by atoms with Crippen molar-refractivity contribution in [1.82, 2.24) is 25.2 Å². The van der Waals surface area contributed by atoms with E-state index in [0.717, 1.165) is 53.7 Å². The Morgan fingerprint density at radius 2 is 1.83 bits per heavy atom. The number of likely N-dealkylation sites (tertiary alicyclic amines) is 1. The van der Waals surface area contributed by atoms with Gasteiger partial charge in [0.1, 0.15) is 12.4 Å². The second kappa shape index (κ2) is 9.45. The zero-order chi connectivity index (χ0) is 24.5. The molecule has 1 saturated heterocycles. The highest BCUT2D eigenvalue weighted by Gasteiger charge is 2.33. The molecule has 36 heavy (non-hydrogen) atoms. The molecule has 2 aromatic carbocycles. The minimum atomic E-state index is -0.332. The lowest BCUT2D eigenvalue weighted by atomic mass is 10.1. The lowest BCUT2D eigenvalue weighted by molar-refractivity contribution is 0.0909. The summed E-state index contributed by atoms with van der Waals surface area (Å²) < 4.78 is 5.57. The lowest BCUT2D eigenvalue weighted by Gasteiger charge is -2.22. The third-order valence-electron chi connectivity index (χ3n) is 6.76. The number of aromatic nitrogens is 3. The predicted octanol–water partition coefficient (Wildman–Crippen LogP) is 4.99. The molecule has 2 amide bonds. The molecule has 1 aliphatic heterocycles. The third-order valence-corrected chi connectivity index (χ3v) is 6.76. The van der Waals surface area contributed by atoms with Crippen molar-refractivity contribution in [2.45, 2.75) is 44.4 Å². The molecule has 2 aromatic heterocycles. The maximum absolute atomic E-state index is 12.8. The monoisotopic (exact) mass is 481 g/mol. The molecule has 0 unspecified atom stereocenters. The zero-order valence-electron chi connectivity index (χ0n) is 19.8. The van der Waals surface area contributed by atoms with Crippen LogP contribution in [0.5, 0.6) is 0 Å². The molecular weight excluding hydrogens is 454 g/mol. The first-order valence-electron chi connectivity index (χ1n) is 12.4. The molecule has 8 heteroatoms. The number of amides is 2. The molecule has 2 N–H and O–H groups in total. The van der Waals surface area contributed by atoms with Gasteiger partial charge in [-0.1, -0.05) is 42.5 Å². The maximum Gasteiger partial charge on any atom is 0.410 e. The number of rotatable bonds is 6. The van der Waals surface area contributed by atoms with Crippen LogP contribution in [0.15, 0.2) is 66.9 Å². The molecule has 3 heterocycles. The Labute approximate surface area is 208 Å². The molecule has 0 radical (unpaired) electrons. The Hall–Kier alpha value is -4.20. The number of pyridine rings is 1. The van der Waals surface area contributed by atoms with Crippen molar-refractivity contribution in [3.8, 4) is 11.1 Å². The minimum absolute atomic E-state index is 0.0285. The highest BCUT2D eigenvalue weighted by atomic mass is 16.6. The smallest absolute Gasteiger partial charge is 0.410 e. The highest BCUT2D eigenvalue weighted by molar-refractivity contribution is 5.95. The van der Waals surface area contributed by atoms with Crippen molar-refractivity contribution >= 4 is 23.2 Å². The van der Waals surface area contributed by atoms with E-state index in [1.807, 2.05) is 60.7 Å². The van der Waals surface area contributed by atoms with E-state index in [0.29, 0.717) is 23.8 Å². The molecule has 4 aromatic rings. The van der Waals surface area contributed by atoms with Gasteiger partial charge in [-0.2, -0.15) is 0 Å². The van der Waals surface area contributed by atoms with Gasteiger partial charge in [0.05, 0.1) is 11.6 Å². The number of aromatic amines is 1. The van der Waals surface area contributed by atoms with E-state index < -0.39 is 0 Å². The summed E-state index contributed by atoms with van der Waals surface area (Å²) in [5.41, 5.74) is 4.93. The molecule has 1 aliphatic carbocycles. The van der Waals surface area contributed by atoms with E-state index >= 15 is 0 Å². The summed E-state index contributed by atoms with van der Waals surface area (Å²) in [4.78, 5) is 39.4. The molecule has 2 aliphatic rings. The zero-order valence-corrected chi connectivity index (χ0v) is 19.8. The number of fused-ring (bicyclic) bond motifs is 1. The van der Waals surface area contributed by atoms with Crippen LogP contribution in [0.3, 0.4) is 0 Å². The van der Waals surface area contributed by atoms with Crippen LogP contribution in [-0.4, -0.2) is 44.4 Å². The molecule has 1 atom stereocenters. The maximum atomic E-state index is 12.8. The summed E-state index contributed by atoms with van der Waals surface area (Å²) in [6.07, 6.45) is 5.29. The quantitative estimate of drug-likeness (QED) is 0.404. The standard InChI is InChI=1S/C28H27N5O3/c34-27(30-22-12-13-22)20-10-8-19(9-11-20)21-15-23-25(29-16-21)32-26(31-23)24-7-4-14-33(24)28(35)36-17-18-5-2-1-3-6-18/h1-3,5-6,8-11,15-16,22,24H,4,7,12-14,17H2,(H,30,34)(H,29,31,32)/t24-/m0/s1. The van der Waals surface area contributed by atoms with Crippen LogP contribution in [0.2, 0.25) is 0 Å². The van der Waals surface area contributed by atoms with Gasteiger partial charge in [-0.25, -0.2) is 14.8 Å². The fourth-order valence-electron chi connectivity index (χ4n) is 4.62. The lowest BCUT2D eigenvalue weighted by Crippen LogP contribution is -2.31. The van der Waals surface area contributed by atoms with E-state index in [9.17, 15) is 9.59 Å². The number of carbonyl (C=O) groups excluding carboxylic acids is 2. The third kappa shape index (κ3) is 4.66. The van der Waals surface area contributed by atoms with E-state index in [-0.39, 0.29) is 24.6 Å². The van der Waals surface area contributed by atoms with Crippen molar-refractivity contribution in [1.29, 1.82) is 0 Å². The van der Waals surface area contributed by atoms with Crippen molar-refractivity contribution in [2.75, 3.05) is 6.54 Å². The van der Waals surface area contributed by atoms with Gasteiger partial charge in [0, 0.05) is 29.9 Å². The predicted molar refractivity (Wildman–Crippen MR) is 135 cm³/mol. The van der Waals surface area contributed by atoms with Gasteiger partial charge in [-0.15, -0.1) is 0 Å². The number of nitrogens with one attached hydrogen (secondary N) is 2. The summed E-state index contributed by atoms with van der Waals surface area (Å²) in [6, 6.07) is 19.4. The molecule has 6 rings (SSSR count). The molecule has 2 fully saturated rings. The van der Waals surface area contributed by atoms with Crippen molar-refractivity contribution in [3.05, 3.63) is 83.8 Å². The van der Waals surface area contributed by atoms with Gasteiger partial charge in [-0.05, 0) is 55.0 Å². The average Bonchev–Trinajstić information content (AvgIpc) is 3.41. The van der Waals surface area contributed by atoms with Crippen LogP contribution >= 0.6 is 0 Å². The second-order valence-electron chi connectivity index (χ2n) is 9.43. The van der Waals surface area contributed by atoms with Gasteiger partial charge >= 0.3 is 6.09 Å². The fourth-order valence-corrected chi connectivity index (χ4v) is 4.62. The Morgan fingerprint density at radius 3 is 2.61 bits per heavy atom. The largest absolute Gasteiger partial charge is 0.445 e. The topological polar surface area (TPSA) is 100 Å². The molecule has 0 spiro atoms. The summed E-state index contributed by atoms with van der Waals surface area (Å²) in [6.45, 7) is 0.879. The van der Waals surface area contributed by atoms with E-state index in [1.165, 1.54) is 0 Å². The molecule has 8 nitrogen and oxygen atoms in total. The molecule has 1 saturated carbocycles. The minimum Gasteiger partial charge on any atom is -0.445 e. The number of nitrogens with zero attached hydrogens (tertiary/aromatic N) is 3. The van der Waals surface area contributed by atoms with Crippen LogP contribution in [0.4, 0.5) is 4.79 Å². The normalized spacial score (nSPS) is 17.3. The Kier molecular flexibility index (Phi) is 5.85. The Morgan fingerprint density at radius 1 is 1.03 bits per heavy atom. The number of hydrogen-bond acceptors (Lipinski definition) is 5. The number of benzene rings is 2. The van der Waals surface area contributed by atoms with Gasteiger partial charge in [0.15, 0.2) is 5.65 Å². The number of imidazole rings is 1. The van der Waals surface area contributed by atoms with Crippen molar-refractivity contribution < 1.29 is 14.3 Å². The summed E-state index contributed by atoms with van der Waals surface area (Å²) in [5, 5.41) is 3.01. The van der Waals surface area contributed by atoms with Crippen LogP contribution < -0.4 is 5.32 Å². The van der Waals surface area contributed by atoms with Crippen LogP contribution in [-0.2, 0) is 11.3 Å².